The summed E-state index contributed by atoms with van der Waals surface area (Å²) in [5.41, 5.74) is 0.803. The van der Waals surface area contributed by atoms with Crippen molar-refractivity contribution in [2.45, 2.75) is 37.7 Å². The molecule has 0 spiro atoms. The molecule has 2 unspecified atom stereocenters. The van der Waals surface area contributed by atoms with Gasteiger partial charge in [0.1, 0.15) is 22.7 Å². The molecule has 12 heteroatoms. The minimum Gasteiger partial charge on any atom is -0.373 e. The van der Waals surface area contributed by atoms with Crippen LogP contribution in [0.5, 0.6) is 0 Å². The van der Waals surface area contributed by atoms with Gasteiger partial charge in [-0.2, -0.15) is 18.3 Å². The number of anilines is 2. The highest BCUT2D eigenvalue weighted by Crippen LogP contribution is 2.45. The van der Waals surface area contributed by atoms with Crippen molar-refractivity contribution >= 4 is 28.6 Å². The second-order valence-electron chi connectivity index (χ2n) is 8.56. The molecule has 1 aliphatic rings. The molecule has 1 amide bonds. The molecule has 1 aromatic carbocycles. The van der Waals surface area contributed by atoms with Gasteiger partial charge in [-0.05, 0) is 24.6 Å². The van der Waals surface area contributed by atoms with Gasteiger partial charge in [-0.1, -0.05) is 30.3 Å². The second kappa shape index (κ2) is 8.54. The number of nitrogens with zero attached hydrogens (tertiary/aromatic N) is 5. The SMILES string of the molecule is CNc1nc(-c2nn(CCC(F)C(F)(F)F)c3ncccc23)nc2c1C(C)(c1ccccc1)C(=O)N2. The molecule has 0 aliphatic carbocycles. The highest BCUT2D eigenvalue weighted by molar-refractivity contribution is 6.09. The fourth-order valence-corrected chi connectivity index (χ4v) is 4.43. The number of hydrogen-bond donors (Lipinski definition) is 2. The summed E-state index contributed by atoms with van der Waals surface area (Å²) in [6.07, 6.45) is -7.28. The van der Waals surface area contributed by atoms with Crippen molar-refractivity contribution in [3.63, 3.8) is 0 Å². The first-order valence-electron chi connectivity index (χ1n) is 11.1. The van der Waals surface area contributed by atoms with E-state index in [0.717, 1.165) is 5.56 Å². The third-order valence-corrected chi connectivity index (χ3v) is 6.35. The van der Waals surface area contributed by atoms with E-state index in [0.29, 0.717) is 22.6 Å². The molecule has 0 saturated heterocycles. The van der Waals surface area contributed by atoms with E-state index in [1.165, 1.54) is 10.9 Å². The molecule has 8 nitrogen and oxygen atoms in total. The highest BCUT2D eigenvalue weighted by Gasteiger charge is 2.48. The van der Waals surface area contributed by atoms with Gasteiger partial charge in [-0.25, -0.2) is 24.0 Å². The molecule has 0 radical (unpaired) electrons. The summed E-state index contributed by atoms with van der Waals surface area (Å²) in [5.74, 6) is 0.560. The molecule has 0 saturated carbocycles. The Labute approximate surface area is 202 Å². The number of nitrogens with one attached hydrogen (secondary N) is 2. The summed E-state index contributed by atoms with van der Waals surface area (Å²) < 4.78 is 52.8. The molecule has 0 fully saturated rings. The predicted octanol–water partition coefficient (Wildman–Crippen LogP) is 4.48. The first kappa shape index (κ1) is 23.6. The lowest BCUT2D eigenvalue weighted by Gasteiger charge is -2.24. The van der Waals surface area contributed by atoms with Gasteiger partial charge in [-0.3, -0.25) is 4.79 Å². The zero-order valence-electron chi connectivity index (χ0n) is 19.3. The molecule has 186 valence electrons. The third-order valence-electron chi connectivity index (χ3n) is 6.35. The maximum Gasteiger partial charge on any atom is 0.419 e. The van der Waals surface area contributed by atoms with E-state index in [-0.39, 0.29) is 29.6 Å². The van der Waals surface area contributed by atoms with Crippen molar-refractivity contribution in [3.8, 4) is 11.5 Å². The molecule has 3 aromatic heterocycles. The topological polar surface area (TPSA) is 97.6 Å². The van der Waals surface area contributed by atoms with Gasteiger partial charge >= 0.3 is 6.18 Å². The van der Waals surface area contributed by atoms with Crippen LogP contribution in [0.2, 0.25) is 0 Å². The van der Waals surface area contributed by atoms with Crippen molar-refractivity contribution in [1.82, 2.24) is 24.7 Å². The van der Waals surface area contributed by atoms with E-state index in [1.54, 1.807) is 26.1 Å². The maximum absolute atomic E-state index is 13.6. The Bertz CT molecular complexity index is 1450. The number of carbonyl (C=O) groups is 1. The lowest BCUT2D eigenvalue weighted by molar-refractivity contribution is -0.182. The fourth-order valence-electron chi connectivity index (χ4n) is 4.43. The van der Waals surface area contributed by atoms with Crippen molar-refractivity contribution < 1.29 is 22.4 Å². The van der Waals surface area contributed by atoms with Crippen LogP contribution in [0, 0.1) is 0 Å². The lowest BCUT2D eigenvalue weighted by Crippen LogP contribution is -2.32. The molecule has 5 rings (SSSR count). The highest BCUT2D eigenvalue weighted by atomic mass is 19.4. The van der Waals surface area contributed by atoms with Crippen LogP contribution in [0.3, 0.4) is 0 Å². The lowest BCUT2D eigenvalue weighted by atomic mass is 9.78. The number of benzene rings is 1. The van der Waals surface area contributed by atoms with E-state index in [1.807, 2.05) is 30.3 Å². The van der Waals surface area contributed by atoms with Gasteiger partial charge in [0.05, 0.1) is 10.9 Å². The van der Waals surface area contributed by atoms with Gasteiger partial charge in [0.15, 0.2) is 17.6 Å². The largest absolute Gasteiger partial charge is 0.419 e. The van der Waals surface area contributed by atoms with Crippen molar-refractivity contribution in [2.75, 3.05) is 17.7 Å². The van der Waals surface area contributed by atoms with E-state index < -0.39 is 24.2 Å². The number of fused-ring (bicyclic) bond motifs is 2. The van der Waals surface area contributed by atoms with Gasteiger partial charge < -0.3 is 10.6 Å². The van der Waals surface area contributed by atoms with E-state index in [9.17, 15) is 22.4 Å². The van der Waals surface area contributed by atoms with Crippen LogP contribution in [0.25, 0.3) is 22.6 Å². The Balaban J connectivity index is 1.61. The second-order valence-corrected chi connectivity index (χ2v) is 8.56. The minimum atomic E-state index is -4.95. The first-order valence-corrected chi connectivity index (χ1v) is 11.1. The summed E-state index contributed by atoms with van der Waals surface area (Å²) in [5, 5.41) is 10.7. The van der Waals surface area contributed by atoms with Crippen molar-refractivity contribution in [1.29, 1.82) is 0 Å². The average Bonchev–Trinajstić information content (AvgIpc) is 3.37. The van der Waals surface area contributed by atoms with Gasteiger partial charge in [0.2, 0.25) is 5.91 Å². The number of amides is 1. The summed E-state index contributed by atoms with van der Waals surface area (Å²) in [6, 6.07) is 12.6. The summed E-state index contributed by atoms with van der Waals surface area (Å²) >= 11 is 0. The van der Waals surface area contributed by atoms with Crippen LogP contribution in [0.4, 0.5) is 29.2 Å². The van der Waals surface area contributed by atoms with Crippen LogP contribution in [0.15, 0.2) is 48.7 Å². The standard InChI is InChI=1S/C24H21F4N7O/c1-23(13-7-4-3-5-8-13)16-18(29-2)31-20(32-19(16)33-22(23)36)17-14-9-6-11-30-21(14)35(34-17)12-10-15(25)24(26,27)28/h3-9,11,15H,10,12H2,1-2H3,(H2,29,31,32,33,36). The fraction of sp³-hybridized carbons (Fsp3) is 0.292. The van der Waals surface area contributed by atoms with Gasteiger partial charge in [-0.15, -0.1) is 0 Å². The van der Waals surface area contributed by atoms with Crippen LogP contribution >= 0.6 is 0 Å². The number of hydrogen-bond acceptors (Lipinski definition) is 6. The molecule has 0 bridgehead atoms. The Morgan fingerprint density at radius 3 is 2.58 bits per heavy atom. The first-order chi connectivity index (χ1) is 17.1. The van der Waals surface area contributed by atoms with E-state index >= 15 is 0 Å². The third kappa shape index (κ3) is 3.73. The smallest absolute Gasteiger partial charge is 0.373 e. The summed E-state index contributed by atoms with van der Waals surface area (Å²) in [7, 11) is 1.66. The van der Waals surface area contributed by atoms with Crippen molar-refractivity contribution in [3.05, 3.63) is 59.8 Å². The number of aromatic nitrogens is 5. The molecule has 4 heterocycles. The van der Waals surface area contributed by atoms with E-state index in [4.69, 9.17) is 0 Å². The molecular weight excluding hydrogens is 478 g/mol. The number of aryl methyl sites for hydroxylation is 1. The summed E-state index contributed by atoms with van der Waals surface area (Å²) in [4.78, 5) is 26.5. The average molecular weight is 499 g/mol. The predicted molar refractivity (Wildman–Crippen MR) is 125 cm³/mol. The number of pyridine rings is 1. The van der Waals surface area contributed by atoms with Gasteiger partial charge in [0, 0.05) is 26.2 Å². The molecule has 1 aliphatic heterocycles. The van der Waals surface area contributed by atoms with Crippen LogP contribution in [0.1, 0.15) is 24.5 Å². The maximum atomic E-state index is 13.6. The molecule has 36 heavy (non-hydrogen) atoms. The number of alkyl halides is 4. The quantitative estimate of drug-likeness (QED) is 0.380. The van der Waals surface area contributed by atoms with Crippen LogP contribution in [-0.4, -0.2) is 50.0 Å². The monoisotopic (exact) mass is 499 g/mol. The Kier molecular flexibility index (Phi) is 5.61. The Morgan fingerprint density at radius 1 is 1.14 bits per heavy atom. The zero-order chi connectivity index (χ0) is 25.7. The number of halogens is 4. The minimum absolute atomic E-state index is 0.139. The molecule has 2 N–H and O–H groups in total. The van der Waals surface area contributed by atoms with Crippen LogP contribution < -0.4 is 10.6 Å². The Morgan fingerprint density at radius 2 is 1.89 bits per heavy atom. The molecule has 2 atom stereocenters. The zero-order valence-corrected chi connectivity index (χ0v) is 19.3. The Hall–Kier alpha value is -4.09. The van der Waals surface area contributed by atoms with Crippen LogP contribution in [-0.2, 0) is 16.8 Å². The molecular formula is C24H21F4N7O. The number of carbonyl (C=O) groups excluding carboxylic acids is 1. The number of rotatable bonds is 6. The van der Waals surface area contributed by atoms with Gasteiger partial charge in [0.25, 0.3) is 0 Å². The molecule has 4 aromatic rings. The van der Waals surface area contributed by atoms with E-state index in [2.05, 4.69) is 30.7 Å². The normalized spacial score (nSPS) is 18.2. The van der Waals surface area contributed by atoms with Crippen molar-refractivity contribution in [2.24, 2.45) is 0 Å². The summed E-state index contributed by atoms with van der Waals surface area (Å²) in [6.45, 7) is 1.44.